The van der Waals surface area contributed by atoms with Crippen LogP contribution in [0.3, 0.4) is 0 Å². The van der Waals surface area contributed by atoms with E-state index in [1.807, 2.05) is 60.7 Å². The van der Waals surface area contributed by atoms with Crippen molar-refractivity contribution in [1.82, 2.24) is 5.32 Å². The predicted octanol–water partition coefficient (Wildman–Crippen LogP) is 6.53. The number of benzene rings is 5. The molecule has 45 heavy (non-hydrogen) atoms. The summed E-state index contributed by atoms with van der Waals surface area (Å²) < 4.78 is 5.81. The van der Waals surface area contributed by atoms with Crippen molar-refractivity contribution in [3.05, 3.63) is 155 Å². The molecule has 0 heterocycles. The lowest BCUT2D eigenvalue weighted by Crippen LogP contribution is -2.30. The molecule has 0 unspecified atom stereocenters. The van der Waals surface area contributed by atoms with Crippen LogP contribution < -0.4 is 15.0 Å². The molecule has 5 aromatic carbocycles. The molecule has 0 saturated carbocycles. The number of nitriles is 1. The first-order chi connectivity index (χ1) is 21.8. The highest BCUT2D eigenvalue weighted by atomic mass is 16.5. The van der Waals surface area contributed by atoms with Crippen LogP contribution in [0.4, 0.5) is 5.69 Å². The fourth-order valence-corrected chi connectivity index (χ4v) is 4.52. The number of carboxylic acid groups (broad SMARTS) is 1. The van der Waals surface area contributed by atoms with Crippen LogP contribution in [-0.2, 0) is 13.1 Å². The Hall–Kier alpha value is -6.40. The second-order valence-corrected chi connectivity index (χ2v) is 10.0. The van der Waals surface area contributed by atoms with Crippen LogP contribution in [0.2, 0.25) is 0 Å². The number of phenols is 1. The number of nitrogens with zero attached hydrogens (tertiary/aromatic N) is 2. The fourth-order valence-electron chi connectivity index (χ4n) is 4.52. The highest BCUT2D eigenvalue weighted by molar-refractivity contribution is 6.07. The van der Waals surface area contributed by atoms with Gasteiger partial charge in [-0.3, -0.25) is 9.59 Å². The molecule has 0 aliphatic carbocycles. The Morgan fingerprint density at radius 3 is 2.02 bits per heavy atom. The second kappa shape index (κ2) is 13.7. The van der Waals surface area contributed by atoms with Gasteiger partial charge in [-0.1, -0.05) is 42.5 Å². The number of nitrogens with one attached hydrogen (secondary N) is 1. The third-order valence-corrected chi connectivity index (χ3v) is 6.94. The van der Waals surface area contributed by atoms with Gasteiger partial charge >= 0.3 is 5.97 Å². The minimum Gasteiger partial charge on any atom is -0.507 e. The van der Waals surface area contributed by atoms with Gasteiger partial charge in [-0.15, -0.1) is 0 Å². The van der Waals surface area contributed by atoms with Crippen LogP contribution in [-0.4, -0.2) is 28.0 Å². The average Bonchev–Trinajstić information content (AvgIpc) is 3.07. The molecule has 5 aromatic rings. The largest absolute Gasteiger partial charge is 0.507 e. The number of hydrogen-bond donors (Lipinski definition) is 3. The summed E-state index contributed by atoms with van der Waals surface area (Å²) in [7, 11) is 0. The number of carboxylic acids is 1. The van der Waals surface area contributed by atoms with Crippen molar-refractivity contribution in [3.8, 4) is 23.3 Å². The zero-order chi connectivity index (χ0) is 31.8. The van der Waals surface area contributed by atoms with Gasteiger partial charge in [-0.05, 0) is 90.0 Å². The van der Waals surface area contributed by atoms with E-state index in [1.54, 1.807) is 24.3 Å². The molecule has 0 aromatic heterocycles. The second-order valence-electron chi connectivity index (χ2n) is 10.0. The van der Waals surface area contributed by atoms with Gasteiger partial charge in [0.25, 0.3) is 11.8 Å². The fraction of sp³-hybridized carbons (Fsp3) is 0.0556. The van der Waals surface area contributed by atoms with Crippen LogP contribution in [0.1, 0.15) is 47.8 Å². The van der Waals surface area contributed by atoms with Crippen LogP contribution in [0, 0.1) is 11.3 Å². The molecule has 9 heteroatoms. The van der Waals surface area contributed by atoms with Gasteiger partial charge in [-0.2, -0.15) is 5.26 Å². The molecule has 0 bridgehead atoms. The van der Waals surface area contributed by atoms with Crippen molar-refractivity contribution in [2.75, 3.05) is 4.90 Å². The number of amides is 2. The van der Waals surface area contributed by atoms with Crippen LogP contribution in [0.25, 0.3) is 0 Å². The summed E-state index contributed by atoms with van der Waals surface area (Å²) in [5.74, 6) is -1.07. The maximum absolute atomic E-state index is 13.6. The molecule has 5 rings (SSSR count). The Balaban J connectivity index is 1.28. The van der Waals surface area contributed by atoms with Gasteiger partial charge in [0, 0.05) is 23.4 Å². The third-order valence-electron chi connectivity index (χ3n) is 6.94. The molecular weight excluding hydrogens is 570 g/mol. The van der Waals surface area contributed by atoms with E-state index >= 15 is 0 Å². The van der Waals surface area contributed by atoms with E-state index in [1.165, 1.54) is 47.4 Å². The molecule has 0 aliphatic rings. The predicted molar refractivity (Wildman–Crippen MR) is 167 cm³/mol. The zero-order valence-electron chi connectivity index (χ0n) is 23.9. The molecule has 3 N–H and O–H groups in total. The number of anilines is 1. The van der Waals surface area contributed by atoms with Crippen molar-refractivity contribution in [1.29, 1.82) is 5.26 Å². The summed E-state index contributed by atoms with van der Waals surface area (Å²) in [4.78, 5) is 39.5. The molecule has 0 radical (unpaired) electrons. The van der Waals surface area contributed by atoms with Crippen LogP contribution >= 0.6 is 0 Å². The van der Waals surface area contributed by atoms with Crippen molar-refractivity contribution in [3.63, 3.8) is 0 Å². The summed E-state index contributed by atoms with van der Waals surface area (Å²) in [6.07, 6.45) is 0. The maximum Gasteiger partial charge on any atom is 0.339 e. The van der Waals surface area contributed by atoms with E-state index in [9.17, 15) is 24.6 Å². The Bertz CT molecular complexity index is 1860. The minimum absolute atomic E-state index is 0.0436. The number of ether oxygens (including phenoxy) is 1. The lowest BCUT2D eigenvalue weighted by molar-refractivity contribution is 0.0693. The monoisotopic (exact) mass is 597 g/mol. The summed E-state index contributed by atoms with van der Waals surface area (Å²) >= 11 is 0. The smallest absolute Gasteiger partial charge is 0.339 e. The van der Waals surface area contributed by atoms with Crippen molar-refractivity contribution in [2.24, 2.45) is 0 Å². The number of carbonyl (C=O) groups excluding carboxylic acids is 2. The van der Waals surface area contributed by atoms with Crippen LogP contribution in [0.5, 0.6) is 17.2 Å². The van der Waals surface area contributed by atoms with Gasteiger partial charge < -0.3 is 25.2 Å². The van der Waals surface area contributed by atoms with E-state index in [-0.39, 0.29) is 29.3 Å². The van der Waals surface area contributed by atoms with E-state index in [0.717, 1.165) is 11.3 Å². The number of para-hydroxylation sites is 1. The Kier molecular flexibility index (Phi) is 9.17. The number of aromatic carboxylic acids is 1. The van der Waals surface area contributed by atoms with Gasteiger partial charge in [0.05, 0.1) is 18.2 Å². The van der Waals surface area contributed by atoms with E-state index < -0.39 is 17.6 Å². The Morgan fingerprint density at radius 2 is 1.38 bits per heavy atom. The van der Waals surface area contributed by atoms with Crippen molar-refractivity contribution in [2.45, 2.75) is 13.1 Å². The lowest BCUT2D eigenvalue weighted by Gasteiger charge is -2.24. The van der Waals surface area contributed by atoms with Crippen molar-refractivity contribution < 1.29 is 29.3 Å². The first-order valence-electron chi connectivity index (χ1n) is 13.9. The molecular formula is C36H27N3O6. The summed E-state index contributed by atoms with van der Waals surface area (Å²) in [6.45, 7) is 0.355. The zero-order valence-corrected chi connectivity index (χ0v) is 23.9. The first kappa shape index (κ1) is 30.1. The molecule has 222 valence electrons. The average molecular weight is 598 g/mol. The van der Waals surface area contributed by atoms with E-state index in [2.05, 4.69) is 5.32 Å². The molecule has 9 nitrogen and oxygen atoms in total. The number of aromatic hydroxyl groups is 1. The normalized spacial score (nSPS) is 10.4. The quantitative estimate of drug-likeness (QED) is 0.166. The Labute approximate surface area is 259 Å². The van der Waals surface area contributed by atoms with E-state index in [0.29, 0.717) is 29.0 Å². The SMILES string of the molecule is N#Cc1ccc(C(=O)N(Cc2ccc(C(=O)NCc3ccc(Oc4ccccc4)cc3)cc2)c2ccc(O)c(C(=O)O)c2)cc1. The van der Waals surface area contributed by atoms with Gasteiger partial charge in [0.1, 0.15) is 22.8 Å². The number of rotatable bonds is 10. The number of carbonyl (C=O) groups is 3. The molecule has 0 aliphatic heterocycles. The maximum atomic E-state index is 13.6. The highest BCUT2D eigenvalue weighted by Gasteiger charge is 2.21. The molecule has 0 fully saturated rings. The van der Waals surface area contributed by atoms with Crippen molar-refractivity contribution >= 4 is 23.5 Å². The topological polar surface area (TPSA) is 140 Å². The number of hydrogen-bond acceptors (Lipinski definition) is 6. The third kappa shape index (κ3) is 7.52. The minimum atomic E-state index is -1.34. The molecule has 0 atom stereocenters. The summed E-state index contributed by atoms with van der Waals surface area (Å²) in [6, 6.07) is 35.5. The molecule has 0 saturated heterocycles. The summed E-state index contributed by atoms with van der Waals surface area (Å²) in [5, 5.41) is 31.5. The van der Waals surface area contributed by atoms with Gasteiger partial charge in [-0.25, -0.2) is 4.79 Å². The van der Waals surface area contributed by atoms with Crippen LogP contribution in [0.15, 0.2) is 121 Å². The van der Waals surface area contributed by atoms with E-state index in [4.69, 9.17) is 10.00 Å². The van der Waals surface area contributed by atoms with Gasteiger partial charge in [0.15, 0.2) is 0 Å². The highest BCUT2D eigenvalue weighted by Crippen LogP contribution is 2.27. The van der Waals surface area contributed by atoms with Gasteiger partial charge in [0.2, 0.25) is 0 Å². The lowest BCUT2D eigenvalue weighted by atomic mass is 10.1. The molecule has 2 amide bonds. The molecule has 0 spiro atoms. The Morgan fingerprint density at radius 1 is 0.756 bits per heavy atom. The first-order valence-corrected chi connectivity index (χ1v) is 13.9. The summed E-state index contributed by atoms with van der Waals surface area (Å²) in [5.41, 5.74) is 2.57. The standard InChI is InChI=1S/C36H27N3O6/c37-21-24-6-14-28(15-7-24)35(42)39(29-16-19-33(40)32(20-29)36(43)44)23-26-8-12-27(13-9-26)34(41)38-22-25-10-17-31(18-11-25)45-30-4-2-1-3-5-30/h1-20,40H,22-23H2,(H,38,41)(H,43,44).